The quantitative estimate of drug-likeness (QED) is 0.723. The monoisotopic (exact) mass is 210 g/mol. The van der Waals surface area contributed by atoms with E-state index in [-0.39, 0.29) is 0 Å². The number of nitrogens with zero attached hydrogens (tertiary/aromatic N) is 1. The predicted molar refractivity (Wildman–Crippen MR) is 65.1 cm³/mol. The molecule has 1 saturated heterocycles. The van der Waals surface area contributed by atoms with Gasteiger partial charge in [0.15, 0.2) is 0 Å². The van der Waals surface area contributed by atoms with Crippen LogP contribution in [-0.2, 0) is 0 Å². The molecule has 0 spiro atoms. The number of nitrogens with one attached hydrogen (secondary N) is 1. The summed E-state index contributed by atoms with van der Waals surface area (Å²) >= 11 is 0. The van der Waals surface area contributed by atoms with Gasteiger partial charge in [-0.25, -0.2) is 0 Å². The zero-order chi connectivity index (χ0) is 10.7. The normalized spacial score (nSPS) is 31.4. The Hall–Kier alpha value is -0.0800. The van der Waals surface area contributed by atoms with Gasteiger partial charge >= 0.3 is 0 Å². The van der Waals surface area contributed by atoms with Crippen LogP contribution in [-0.4, -0.2) is 36.6 Å². The summed E-state index contributed by atoms with van der Waals surface area (Å²) < 4.78 is 0. The first-order valence-electron chi connectivity index (χ1n) is 6.78. The van der Waals surface area contributed by atoms with E-state index >= 15 is 0 Å². The van der Waals surface area contributed by atoms with Crippen molar-refractivity contribution in [2.45, 2.75) is 58.0 Å². The Morgan fingerprint density at radius 3 is 2.60 bits per heavy atom. The Kier molecular flexibility index (Phi) is 4.04. The summed E-state index contributed by atoms with van der Waals surface area (Å²) in [7, 11) is 0. The van der Waals surface area contributed by atoms with Gasteiger partial charge in [-0.2, -0.15) is 0 Å². The van der Waals surface area contributed by atoms with E-state index in [0.717, 1.165) is 18.0 Å². The second-order valence-corrected chi connectivity index (χ2v) is 5.37. The number of unbranched alkanes of at least 4 members (excludes halogenated alkanes) is 1. The molecule has 1 saturated carbocycles. The average molecular weight is 210 g/mol. The second kappa shape index (κ2) is 5.31. The maximum atomic E-state index is 3.56. The van der Waals surface area contributed by atoms with Gasteiger partial charge in [-0.15, -0.1) is 0 Å². The molecule has 2 unspecified atom stereocenters. The van der Waals surface area contributed by atoms with Crippen molar-refractivity contribution >= 4 is 0 Å². The summed E-state index contributed by atoms with van der Waals surface area (Å²) in [6, 6.07) is 1.69. The highest BCUT2D eigenvalue weighted by Gasteiger charge is 2.32. The molecule has 2 aliphatic rings. The van der Waals surface area contributed by atoms with Crippen molar-refractivity contribution in [3.63, 3.8) is 0 Å². The fraction of sp³-hybridized carbons (Fsp3) is 1.00. The molecule has 1 N–H and O–H groups in total. The predicted octanol–water partition coefficient (Wildman–Crippen LogP) is 2.25. The van der Waals surface area contributed by atoms with Crippen LogP contribution in [0.15, 0.2) is 0 Å². The highest BCUT2D eigenvalue weighted by Crippen LogP contribution is 2.29. The lowest BCUT2D eigenvalue weighted by Crippen LogP contribution is -2.36. The molecule has 2 heteroatoms. The van der Waals surface area contributed by atoms with Crippen LogP contribution in [0.2, 0.25) is 0 Å². The molecule has 0 aromatic rings. The van der Waals surface area contributed by atoms with E-state index in [2.05, 4.69) is 24.1 Å². The molecular formula is C13H26N2. The maximum Gasteiger partial charge on any atom is 0.00965 e. The van der Waals surface area contributed by atoms with Gasteiger partial charge in [-0.3, -0.25) is 0 Å². The van der Waals surface area contributed by atoms with E-state index in [9.17, 15) is 0 Å². The van der Waals surface area contributed by atoms with Crippen molar-refractivity contribution in [1.82, 2.24) is 10.2 Å². The smallest absolute Gasteiger partial charge is 0.00965 e. The van der Waals surface area contributed by atoms with Crippen LogP contribution >= 0.6 is 0 Å². The van der Waals surface area contributed by atoms with Crippen molar-refractivity contribution in [3.05, 3.63) is 0 Å². The van der Waals surface area contributed by atoms with Crippen LogP contribution in [0.3, 0.4) is 0 Å². The van der Waals surface area contributed by atoms with Crippen LogP contribution in [0.25, 0.3) is 0 Å². The fourth-order valence-electron chi connectivity index (χ4n) is 2.69. The zero-order valence-corrected chi connectivity index (χ0v) is 10.3. The SMILES string of the molecule is CCCCN(CC1CCNC1C)C1CC1. The van der Waals surface area contributed by atoms with Crippen LogP contribution in [0, 0.1) is 5.92 Å². The first-order valence-corrected chi connectivity index (χ1v) is 6.78. The highest BCUT2D eigenvalue weighted by molar-refractivity contribution is 4.89. The Bertz CT molecular complexity index is 189. The van der Waals surface area contributed by atoms with E-state index in [1.807, 2.05) is 0 Å². The molecule has 1 heterocycles. The van der Waals surface area contributed by atoms with E-state index in [1.165, 1.54) is 51.7 Å². The molecule has 2 nitrogen and oxygen atoms in total. The summed E-state index contributed by atoms with van der Waals surface area (Å²) in [5.74, 6) is 0.905. The Morgan fingerprint density at radius 2 is 2.07 bits per heavy atom. The summed E-state index contributed by atoms with van der Waals surface area (Å²) in [6.45, 7) is 8.56. The second-order valence-electron chi connectivity index (χ2n) is 5.37. The third-order valence-electron chi connectivity index (χ3n) is 4.02. The topological polar surface area (TPSA) is 15.3 Å². The highest BCUT2D eigenvalue weighted by atomic mass is 15.2. The van der Waals surface area contributed by atoms with Crippen LogP contribution in [0.1, 0.15) is 46.0 Å². The molecule has 1 aliphatic heterocycles. The van der Waals surface area contributed by atoms with Crippen molar-refractivity contribution < 1.29 is 0 Å². The average Bonchev–Trinajstić information content (AvgIpc) is 2.99. The first-order chi connectivity index (χ1) is 7.31. The lowest BCUT2D eigenvalue weighted by molar-refractivity contribution is 0.211. The summed E-state index contributed by atoms with van der Waals surface area (Å²) in [5, 5.41) is 3.56. The summed E-state index contributed by atoms with van der Waals surface area (Å²) in [6.07, 6.45) is 7.01. The molecule has 2 atom stereocenters. The van der Waals surface area contributed by atoms with Crippen molar-refractivity contribution in [3.8, 4) is 0 Å². The van der Waals surface area contributed by atoms with Crippen LogP contribution in [0.5, 0.6) is 0 Å². The first kappa shape index (κ1) is 11.4. The van der Waals surface area contributed by atoms with Gasteiger partial charge in [0.05, 0.1) is 0 Å². The fourth-order valence-corrected chi connectivity index (χ4v) is 2.69. The molecule has 2 rings (SSSR count). The Morgan fingerprint density at radius 1 is 1.27 bits per heavy atom. The molecule has 1 aliphatic carbocycles. The zero-order valence-electron chi connectivity index (χ0n) is 10.3. The third-order valence-corrected chi connectivity index (χ3v) is 4.02. The van der Waals surface area contributed by atoms with Crippen molar-refractivity contribution in [2.75, 3.05) is 19.6 Å². The summed E-state index contributed by atoms with van der Waals surface area (Å²) in [5.41, 5.74) is 0. The number of rotatable bonds is 6. The third kappa shape index (κ3) is 3.18. The molecule has 88 valence electrons. The maximum absolute atomic E-state index is 3.56. The van der Waals surface area contributed by atoms with Gasteiger partial charge in [0.2, 0.25) is 0 Å². The van der Waals surface area contributed by atoms with E-state index in [4.69, 9.17) is 0 Å². The van der Waals surface area contributed by atoms with E-state index in [0.29, 0.717) is 0 Å². The largest absolute Gasteiger partial charge is 0.314 e. The van der Waals surface area contributed by atoms with Crippen LogP contribution in [0.4, 0.5) is 0 Å². The van der Waals surface area contributed by atoms with Gasteiger partial charge in [0.25, 0.3) is 0 Å². The van der Waals surface area contributed by atoms with Gasteiger partial charge in [-0.1, -0.05) is 13.3 Å². The Balaban J connectivity index is 1.77. The molecular weight excluding hydrogens is 184 g/mol. The van der Waals surface area contributed by atoms with E-state index in [1.54, 1.807) is 0 Å². The molecule has 0 aromatic carbocycles. The molecule has 0 aromatic heterocycles. The Labute approximate surface area is 94.4 Å². The van der Waals surface area contributed by atoms with Gasteiger partial charge in [0, 0.05) is 18.6 Å². The lowest BCUT2D eigenvalue weighted by atomic mass is 10.0. The van der Waals surface area contributed by atoms with E-state index < -0.39 is 0 Å². The molecule has 0 radical (unpaired) electrons. The molecule has 0 amide bonds. The number of hydrogen-bond acceptors (Lipinski definition) is 2. The molecule has 0 bridgehead atoms. The van der Waals surface area contributed by atoms with Crippen LogP contribution < -0.4 is 5.32 Å². The van der Waals surface area contributed by atoms with Gasteiger partial charge < -0.3 is 10.2 Å². The lowest BCUT2D eigenvalue weighted by Gasteiger charge is -2.27. The molecule has 15 heavy (non-hydrogen) atoms. The number of hydrogen-bond donors (Lipinski definition) is 1. The minimum Gasteiger partial charge on any atom is -0.314 e. The van der Waals surface area contributed by atoms with Crippen molar-refractivity contribution in [1.29, 1.82) is 0 Å². The van der Waals surface area contributed by atoms with Crippen molar-refractivity contribution in [2.24, 2.45) is 5.92 Å². The standard InChI is InChI=1S/C13H26N2/c1-3-4-9-15(13-5-6-13)10-12-7-8-14-11(12)2/h11-14H,3-10H2,1-2H3. The summed E-state index contributed by atoms with van der Waals surface area (Å²) in [4.78, 5) is 2.76. The molecule has 2 fully saturated rings. The van der Waals surface area contributed by atoms with Gasteiger partial charge in [0.1, 0.15) is 0 Å². The minimum absolute atomic E-state index is 0.743. The van der Waals surface area contributed by atoms with Gasteiger partial charge in [-0.05, 0) is 51.6 Å². The minimum atomic E-state index is 0.743.